The Morgan fingerprint density at radius 1 is 1.16 bits per heavy atom. The van der Waals surface area contributed by atoms with Crippen LogP contribution < -0.4 is 5.73 Å². The van der Waals surface area contributed by atoms with Crippen LogP contribution >= 0.6 is 22.7 Å². The summed E-state index contributed by atoms with van der Waals surface area (Å²) in [4.78, 5) is 7.16. The van der Waals surface area contributed by atoms with Crippen molar-refractivity contribution in [2.75, 3.05) is 0 Å². The summed E-state index contributed by atoms with van der Waals surface area (Å²) in [7, 11) is 0. The highest BCUT2D eigenvalue weighted by molar-refractivity contribution is 7.21. The molecule has 0 aliphatic carbocycles. The highest BCUT2D eigenvalue weighted by Crippen LogP contribution is 2.38. The molecule has 0 spiro atoms. The molecule has 0 fully saturated rings. The predicted molar refractivity (Wildman–Crippen MR) is 83.5 cm³/mol. The van der Waals surface area contributed by atoms with Gasteiger partial charge in [0.15, 0.2) is 0 Å². The lowest BCUT2D eigenvalue weighted by molar-refractivity contribution is 1.04. The van der Waals surface area contributed by atoms with Gasteiger partial charge in [0.1, 0.15) is 5.01 Å². The number of hydrogen-bond acceptors (Lipinski definition) is 4. The van der Waals surface area contributed by atoms with E-state index >= 15 is 0 Å². The van der Waals surface area contributed by atoms with Crippen LogP contribution in [-0.4, -0.2) is 4.98 Å². The minimum absolute atomic E-state index is 0.495. The lowest BCUT2D eigenvalue weighted by Gasteiger charge is -2.01. The molecule has 0 saturated heterocycles. The van der Waals surface area contributed by atoms with Crippen molar-refractivity contribution in [1.29, 1.82) is 0 Å². The van der Waals surface area contributed by atoms with E-state index in [9.17, 15) is 0 Å². The summed E-state index contributed by atoms with van der Waals surface area (Å²) in [6.07, 6.45) is 0. The minimum atomic E-state index is 0.495. The molecular weight excluding hydrogens is 272 g/mol. The maximum atomic E-state index is 5.74. The Balaban J connectivity index is 2.14. The smallest absolute Gasteiger partial charge is 0.108 e. The summed E-state index contributed by atoms with van der Waals surface area (Å²) in [5.41, 5.74) is 9.21. The maximum absolute atomic E-state index is 5.74. The average Bonchev–Trinajstić information content (AvgIpc) is 3.08. The third kappa shape index (κ3) is 2.47. The van der Waals surface area contributed by atoms with E-state index in [2.05, 4.69) is 53.7 Å². The van der Waals surface area contributed by atoms with Gasteiger partial charge < -0.3 is 5.73 Å². The Hall–Kier alpha value is -1.49. The zero-order valence-corrected chi connectivity index (χ0v) is 12.2. The molecule has 0 atom stereocenters. The molecule has 0 unspecified atom stereocenters. The first-order valence-electron chi connectivity index (χ1n) is 6.08. The molecular formula is C15H14N2S2. The zero-order chi connectivity index (χ0) is 13.2. The first kappa shape index (κ1) is 12.5. The number of aryl methyl sites for hydroxylation is 1. The van der Waals surface area contributed by atoms with Gasteiger partial charge >= 0.3 is 0 Å². The van der Waals surface area contributed by atoms with Crippen molar-refractivity contribution in [2.24, 2.45) is 5.73 Å². The van der Waals surface area contributed by atoms with Crippen LogP contribution in [0, 0.1) is 6.92 Å². The second-order valence-corrected chi connectivity index (χ2v) is 6.36. The maximum Gasteiger partial charge on any atom is 0.108 e. The number of nitrogens with zero attached hydrogens (tertiary/aromatic N) is 1. The van der Waals surface area contributed by atoms with Gasteiger partial charge in [-0.05, 0) is 18.4 Å². The third-order valence-electron chi connectivity index (χ3n) is 2.92. The van der Waals surface area contributed by atoms with Crippen LogP contribution in [0.25, 0.3) is 21.0 Å². The van der Waals surface area contributed by atoms with Crippen molar-refractivity contribution in [1.82, 2.24) is 4.98 Å². The van der Waals surface area contributed by atoms with Crippen molar-refractivity contribution in [3.63, 3.8) is 0 Å². The van der Waals surface area contributed by atoms with Gasteiger partial charge in [-0.2, -0.15) is 0 Å². The Morgan fingerprint density at radius 3 is 2.58 bits per heavy atom. The fourth-order valence-corrected chi connectivity index (χ4v) is 3.75. The highest BCUT2D eigenvalue weighted by atomic mass is 32.1. The van der Waals surface area contributed by atoms with Crippen LogP contribution in [0.4, 0.5) is 0 Å². The van der Waals surface area contributed by atoms with Crippen molar-refractivity contribution >= 4 is 22.7 Å². The lowest BCUT2D eigenvalue weighted by atomic mass is 10.1. The quantitative estimate of drug-likeness (QED) is 0.779. The van der Waals surface area contributed by atoms with E-state index in [1.165, 1.54) is 15.3 Å². The molecule has 0 bridgehead atoms. The van der Waals surface area contributed by atoms with E-state index in [0.717, 1.165) is 16.3 Å². The molecule has 19 heavy (non-hydrogen) atoms. The van der Waals surface area contributed by atoms with Gasteiger partial charge in [0, 0.05) is 17.0 Å². The van der Waals surface area contributed by atoms with Crippen molar-refractivity contribution in [3.05, 3.63) is 52.3 Å². The highest BCUT2D eigenvalue weighted by Gasteiger charge is 2.14. The van der Waals surface area contributed by atoms with Gasteiger partial charge in [-0.15, -0.1) is 22.7 Å². The molecule has 0 saturated carbocycles. The Bertz CT molecular complexity index is 667. The van der Waals surface area contributed by atoms with Crippen LogP contribution in [0.3, 0.4) is 0 Å². The normalized spacial score (nSPS) is 10.8. The first-order chi connectivity index (χ1) is 9.28. The molecule has 2 aromatic heterocycles. The van der Waals surface area contributed by atoms with E-state index in [1.807, 2.05) is 0 Å². The van der Waals surface area contributed by atoms with Crippen LogP contribution in [0.1, 0.15) is 10.6 Å². The molecule has 3 rings (SSSR count). The zero-order valence-electron chi connectivity index (χ0n) is 10.6. The monoisotopic (exact) mass is 286 g/mol. The Morgan fingerprint density at radius 2 is 1.95 bits per heavy atom. The molecule has 96 valence electrons. The Labute approximate surface area is 120 Å². The van der Waals surface area contributed by atoms with Gasteiger partial charge in [-0.1, -0.05) is 35.9 Å². The summed E-state index contributed by atoms with van der Waals surface area (Å²) in [6, 6.07) is 12.7. The summed E-state index contributed by atoms with van der Waals surface area (Å²) in [5.74, 6) is 0. The van der Waals surface area contributed by atoms with Gasteiger partial charge in [0.25, 0.3) is 0 Å². The topological polar surface area (TPSA) is 38.9 Å². The largest absolute Gasteiger partial charge is 0.325 e. The molecule has 0 aliphatic rings. The second kappa shape index (κ2) is 5.25. The first-order valence-corrected chi connectivity index (χ1v) is 7.78. The predicted octanol–water partition coefficient (Wildman–Crippen LogP) is 4.31. The van der Waals surface area contributed by atoms with E-state index in [0.29, 0.717) is 6.54 Å². The van der Waals surface area contributed by atoms with E-state index in [1.54, 1.807) is 22.7 Å². The molecule has 0 radical (unpaired) electrons. The molecule has 1 aromatic carbocycles. The van der Waals surface area contributed by atoms with Gasteiger partial charge in [-0.3, -0.25) is 0 Å². The van der Waals surface area contributed by atoms with Crippen LogP contribution in [0.2, 0.25) is 0 Å². The lowest BCUT2D eigenvalue weighted by Crippen LogP contribution is -1.94. The fraction of sp³-hybridized carbons (Fsp3) is 0.133. The number of benzene rings is 1. The molecule has 2 nitrogen and oxygen atoms in total. The summed E-state index contributed by atoms with van der Waals surface area (Å²) < 4.78 is 0. The summed E-state index contributed by atoms with van der Waals surface area (Å²) >= 11 is 3.43. The van der Waals surface area contributed by atoms with Gasteiger partial charge in [0.2, 0.25) is 0 Å². The van der Waals surface area contributed by atoms with Crippen LogP contribution in [0.5, 0.6) is 0 Å². The van der Waals surface area contributed by atoms with Crippen molar-refractivity contribution < 1.29 is 0 Å². The van der Waals surface area contributed by atoms with Crippen LogP contribution in [0.15, 0.2) is 41.8 Å². The third-order valence-corrected chi connectivity index (χ3v) is 5.04. The van der Waals surface area contributed by atoms with E-state index in [4.69, 9.17) is 5.73 Å². The number of rotatable bonds is 3. The number of thiophene rings is 1. The number of thiazole rings is 1. The van der Waals surface area contributed by atoms with Crippen LogP contribution in [-0.2, 0) is 6.54 Å². The molecule has 4 heteroatoms. The van der Waals surface area contributed by atoms with Gasteiger partial charge in [0.05, 0.1) is 10.6 Å². The fourth-order valence-electron chi connectivity index (χ4n) is 1.93. The van der Waals surface area contributed by atoms with E-state index < -0.39 is 0 Å². The molecule has 2 heterocycles. The Kier molecular flexibility index (Phi) is 3.46. The molecule has 2 N–H and O–H groups in total. The van der Waals surface area contributed by atoms with Crippen molar-refractivity contribution in [3.8, 4) is 21.0 Å². The molecule has 3 aromatic rings. The molecule has 0 amide bonds. The van der Waals surface area contributed by atoms with Crippen molar-refractivity contribution in [2.45, 2.75) is 13.5 Å². The number of aromatic nitrogens is 1. The number of hydrogen-bond donors (Lipinski definition) is 1. The summed E-state index contributed by atoms with van der Waals surface area (Å²) in [6.45, 7) is 2.59. The average molecular weight is 286 g/mol. The van der Waals surface area contributed by atoms with E-state index in [-0.39, 0.29) is 0 Å². The minimum Gasteiger partial charge on any atom is -0.325 e. The summed E-state index contributed by atoms with van der Waals surface area (Å²) in [5, 5.41) is 3.08. The SMILES string of the molecule is Cc1ccc(-c2nc(CN)sc2-c2cccs2)cc1. The molecule has 0 aliphatic heterocycles. The van der Waals surface area contributed by atoms with Gasteiger partial charge in [-0.25, -0.2) is 4.98 Å². The number of nitrogens with two attached hydrogens (primary N) is 1. The second-order valence-electron chi connectivity index (χ2n) is 4.33. The standard InChI is InChI=1S/C15H14N2S2/c1-10-4-6-11(7-5-10)14-15(12-3-2-8-18-12)19-13(9-16)17-14/h2-8H,9,16H2,1H3.